The summed E-state index contributed by atoms with van der Waals surface area (Å²) in [6.45, 7) is 0.0229. The van der Waals surface area contributed by atoms with Gasteiger partial charge in [-0.2, -0.15) is 4.39 Å². The number of halogens is 2. The highest BCUT2D eigenvalue weighted by Gasteiger charge is 2.35. The van der Waals surface area contributed by atoms with Crippen molar-refractivity contribution in [2.24, 2.45) is 0 Å². The van der Waals surface area contributed by atoms with Gasteiger partial charge in [0, 0.05) is 6.42 Å². The van der Waals surface area contributed by atoms with Crippen LogP contribution in [0, 0.1) is 11.6 Å². The van der Waals surface area contributed by atoms with Gasteiger partial charge in [-0.3, -0.25) is 14.5 Å². The zero-order valence-corrected chi connectivity index (χ0v) is 13.6. The summed E-state index contributed by atoms with van der Waals surface area (Å²) < 4.78 is 26.4. The molecule has 1 fully saturated rings. The molecule has 1 heterocycles. The average molecular weight is 365 g/mol. The van der Waals surface area contributed by atoms with Crippen LogP contribution >= 0.6 is 11.8 Å². The maximum atomic E-state index is 13.3. The van der Waals surface area contributed by atoms with Gasteiger partial charge >= 0.3 is 0 Å². The summed E-state index contributed by atoms with van der Waals surface area (Å²) in [7, 11) is 0. The van der Waals surface area contributed by atoms with E-state index in [1.807, 2.05) is 6.08 Å². The lowest BCUT2D eigenvalue weighted by Crippen LogP contribution is -2.30. The van der Waals surface area contributed by atoms with Gasteiger partial charge in [-0.25, -0.2) is 4.39 Å². The van der Waals surface area contributed by atoms with Gasteiger partial charge in [0.05, 0.1) is 17.2 Å². The molecular formula is C17H13F2NO4S. The maximum absolute atomic E-state index is 13.3. The highest BCUT2D eigenvalue weighted by molar-refractivity contribution is 8.18. The molecule has 8 heteroatoms. The number of thioether (sulfide) groups is 1. The molecule has 0 spiro atoms. The van der Waals surface area contributed by atoms with Crippen LogP contribution in [0.1, 0.15) is 18.4 Å². The van der Waals surface area contributed by atoms with Gasteiger partial charge < -0.3 is 10.2 Å². The first-order valence-corrected chi connectivity index (χ1v) is 8.19. The van der Waals surface area contributed by atoms with Gasteiger partial charge in [0.1, 0.15) is 0 Å². The Morgan fingerprint density at radius 3 is 2.68 bits per heavy atom. The molecule has 5 nitrogen and oxygen atoms in total. The molecule has 0 atom stereocenters. The van der Waals surface area contributed by atoms with Crippen molar-refractivity contribution < 1.29 is 28.6 Å². The number of hydrogen-bond donors (Lipinski definition) is 2. The van der Waals surface area contributed by atoms with E-state index < -0.39 is 28.5 Å². The number of imide groups is 1. The molecule has 130 valence electrons. The molecule has 0 aromatic heterocycles. The van der Waals surface area contributed by atoms with Crippen molar-refractivity contribution in [1.82, 2.24) is 4.90 Å². The number of nitrogens with zero attached hydrogens (tertiary/aromatic N) is 1. The molecule has 1 aromatic rings. The number of carbonyl (C=O) groups is 2. The second-order valence-electron chi connectivity index (χ2n) is 5.56. The predicted octanol–water partition coefficient (Wildman–Crippen LogP) is 3.87. The minimum absolute atomic E-state index is 0.0229. The lowest BCUT2D eigenvalue weighted by atomic mass is 10.1. The van der Waals surface area contributed by atoms with Crippen LogP contribution in [0.15, 0.2) is 40.5 Å². The molecule has 2 aliphatic rings. The maximum Gasteiger partial charge on any atom is 0.293 e. The second-order valence-corrected chi connectivity index (χ2v) is 6.55. The van der Waals surface area contributed by atoms with E-state index in [9.17, 15) is 28.6 Å². The molecule has 1 aliphatic carbocycles. The fourth-order valence-electron chi connectivity index (χ4n) is 2.51. The van der Waals surface area contributed by atoms with E-state index in [1.54, 1.807) is 0 Å². The number of rotatable bonds is 3. The Morgan fingerprint density at radius 1 is 1.24 bits per heavy atom. The van der Waals surface area contributed by atoms with Crippen molar-refractivity contribution in [3.05, 3.63) is 57.7 Å². The number of aliphatic hydroxyl groups excluding tert-OH is 1. The van der Waals surface area contributed by atoms with E-state index in [0.29, 0.717) is 30.2 Å². The summed E-state index contributed by atoms with van der Waals surface area (Å²) in [5, 5.41) is 18.3. The zero-order valence-electron chi connectivity index (χ0n) is 12.8. The molecule has 2 N–H and O–H groups in total. The second kappa shape index (κ2) is 6.72. The van der Waals surface area contributed by atoms with Crippen molar-refractivity contribution in [2.75, 3.05) is 6.54 Å². The van der Waals surface area contributed by atoms with E-state index in [1.165, 1.54) is 12.2 Å². The topological polar surface area (TPSA) is 77.8 Å². The number of amides is 2. The molecule has 3 rings (SSSR count). The third kappa shape index (κ3) is 3.58. The van der Waals surface area contributed by atoms with Crippen LogP contribution in [0.2, 0.25) is 0 Å². The van der Waals surface area contributed by atoms with Crippen LogP contribution in [0.25, 0.3) is 6.08 Å². The molecule has 25 heavy (non-hydrogen) atoms. The largest absolute Gasteiger partial charge is 0.512 e. The van der Waals surface area contributed by atoms with Gasteiger partial charge in [0.15, 0.2) is 17.4 Å². The van der Waals surface area contributed by atoms with Crippen LogP contribution in [-0.2, 0) is 4.79 Å². The average Bonchev–Trinajstić information content (AvgIpc) is 2.80. The Bertz CT molecular complexity index is 837. The Hall–Kier alpha value is -2.61. The van der Waals surface area contributed by atoms with E-state index in [4.69, 9.17) is 0 Å². The van der Waals surface area contributed by atoms with Gasteiger partial charge in [-0.15, -0.1) is 0 Å². The molecule has 0 saturated carbocycles. The standard InChI is InChI=1S/C17H13F2NO4S/c18-12-5-10(6-13(22)15(12)19)7-14-16(23)20(17(24)25-14)8-9-2-1-3-11(21)4-9/h2,4-7,21-22H,1,3,8H2/b14-7-. The molecule has 0 radical (unpaired) electrons. The number of carbonyl (C=O) groups excluding carboxylic acids is 2. The molecule has 1 saturated heterocycles. The quantitative estimate of drug-likeness (QED) is 0.795. The number of phenols is 1. The zero-order chi connectivity index (χ0) is 18.1. The molecule has 0 unspecified atom stereocenters. The lowest BCUT2D eigenvalue weighted by molar-refractivity contribution is -0.122. The van der Waals surface area contributed by atoms with Crippen molar-refractivity contribution in [1.29, 1.82) is 0 Å². The number of phenolic OH excluding ortho intramolecular Hbond substituents is 1. The highest BCUT2D eigenvalue weighted by Crippen LogP contribution is 2.34. The molecule has 0 bridgehead atoms. The summed E-state index contributed by atoms with van der Waals surface area (Å²) in [5.41, 5.74) is 0.717. The highest BCUT2D eigenvalue weighted by atomic mass is 32.2. The molecule has 1 aromatic carbocycles. The summed E-state index contributed by atoms with van der Waals surface area (Å²) in [5.74, 6) is -3.88. The van der Waals surface area contributed by atoms with Crippen molar-refractivity contribution in [3.8, 4) is 5.75 Å². The van der Waals surface area contributed by atoms with Crippen molar-refractivity contribution >= 4 is 29.0 Å². The Labute approximate surface area is 145 Å². The fourth-order valence-corrected chi connectivity index (χ4v) is 3.35. The number of hydrogen-bond acceptors (Lipinski definition) is 5. The van der Waals surface area contributed by atoms with Crippen LogP contribution in [-0.4, -0.2) is 32.8 Å². The summed E-state index contributed by atoms with van der Waals surface area (Å²) >= 11 is 0.672. The monoisotopic (exact) mass is 365 g/mol. The van der Waals surface area contributed by atoms with Crippen molar-refractivity contribution in [3.63, 3.8) is 0 Å². The van der Waals surface area contributed by atoms with E-state index >= 15 is 0 Å². The fraction of sp³-hybridized carbons (Fsp3) is 0.176. The third-order valence-corrected chi connectivity index (χ3v) is 4.61. The Kier molecular flexibility index (Phi) is 4.63. The van der Waals surface area contributed by atoms with Gasteiger partial charge in [-0.05, 0) is 53.6 Å². The lowest BCUT2D eigenvalue weighted by Gasteiger charge is -2.15. The number of aliphatic hydroxyl groups is 1. The molecular weight excluding hydrogens is 352 g/mol. The normalized spacial score (nSPS) is 19.4. The van der Waals surface area contributed by atoms with Crippen LogP contribution in [0.5, 0.6) is 5.75 Å². The molecule has 1 aliphatic heterocycles. The smallest absolute Gasteiger partial charge is 0.293 e. The number of benzene rings is 1. The first kappa shape index (κ1) is 17.2. The van der Waals surface area contributed by atoms with Gasteiger partial charge in [0.2, 0.25) is 0 Å². The van der Waals surface area contributed by atoms with E-state index in [0.717, 1.165) is 17.0 Å². The Balaban J connectivity index is 1.82. The van der Waals surface area contributed by atoms with Gasteiger partial charge in [0.25, 0.3) is 11.1 Å². The Morgan fingerprint density at radius 2 is 2.00 bits per heavy atom. The van der Waals surface area contributed by atoms with Crippen LogP contribution in [0.4, 0.5) is 13.6 Å². The number of allylic oxidation sites excluding steroid dienone is 2. The predicted molar refractivity (Wildman–Crippen MR) is 88.7 cm³/mol. The summed E-state index contributed by atoms with van der Waals surface area (Å²) in [4.78, 5) is 25.5. The first-order chi connectivity index (χ1) is 11.8. The van der Waals surface area contributed by atoms with Gasteiger partial charge in [-0.1, -0.05) is 6.08 Å². The summed E-state index contributed by atoms with van der Waals surface area (Å²) in [6.07, 6.45) is 5.71. The third-order valence-electron chi connectivity index (χ3n) is 3.70. The van der Waals surface area contributed by atoms with E-state index in [-0.39, 0.29) is 22.8 Å². The number of aromatic hydroxyl groups is 1. The minimum atomic E-state index is -1.37. The van der Waals surface area contributed by atoms with Crippen LogP contribution in [0.3, 0.4) is 0 Å². The first-order valence-electron chi connectivity index (χ1n) is 7.37. The van der Waals surface area contributed by atoms with Crippen molar-refractivity contribution in [2.45, 2.75) is 12.8 Å². The molecule has 2 amide bonds. The van der Waals surface area contributed by atoms with Crippen LogP contribution < -0.4 is 0 Å². The van der Waals surface area contributed by atoms with E-state index in [2.05, 4.69) is 0 Å². The minimum Gasteiger partial charge on any atom is -0.512 e. The summed E-state index contributed by atoms with van der Waals surface area (Å²) in [6, 6.07) is 1.80. The SMILES string of the molecule is O=C1S/C(=C\c2cc(O)c(F)c(F)c2)C(=O)N1CC1=CCCC(O)=C1.